The van der Waals surface area contributed by atoms with Crippen LogP contribution in [0.4, 0.5) is 15.9 Å². The van der Waals surface area contributed by atoms with Gasteiger partial charge < -0.3 is 15.0 Å². The van der Waals surface area contributed by atoms with Gasteiger partial charge in [-0.1, -0.05) is 12.1 Å². The molecule has 2 heterocycles. The number of nitrogens with zero attached hydrogens (tertiary/aromatic N) is 3. The number of hydrogen-bond donors (Lipinski definition) is 1. The smallest absolute Gasteiger partial charge is 0.224 e. The summed E-state index contributed by atoms with van der Waals surface area (Å²) in [6.07, 6.45) is 1.19. The van der Waals surface area contributed by atoms with E-state index in [9.17, 15) is 12.8 Å². The molecule has 1 fully saturated rings. The zero-order valence-corrected chi connectivity index (χ0v) is 18.7. The fraction of sp³-hybridized carbons (Fsp3) is 0.333. The van der Waals surface area contributed by atoms with Crippen LogP contribution in [0.15, 0.2) is 35.2 Å². The third-order valence-corrected chi connectivity index (χ3v) is 6.74. The Morgan fingerprint density at radius 2 is 1.97 bits per heavy atom. The lowest BCUT2D eigenvalue weighted by Crippen LogP contribution is -2.36. The maximum absolute atomic E-state index is 14.8. The number of hydrogen-bond acceptors (Lipinski definition) is 7. The molecular formula is C21H22ClFN4O3S. The second kappa shape index (κ2) is 8.57. The van der Waals surface area contributed by atoms with Crippen LogP contribution in [-0.4, -0.2) is 50.9 Å². The van der Waals surface area contributed by atoms with Gasteiger partial charge in [0, 0.05) is 37.3 Å². The Morgan fingerprint density at radius 1 is 1.23 bits per heavy atom. The number of rotatable bonds is 5. The molecule has 1 aliphatic heterocycles. The Morgan fingerprint density at radius 3 is 2.68 bits per heavy atom. The van der Waals surface area contributed by atoms with E-state index in [2.05, 4.69) is 15.3 Å². The number of benzene rings is 2. The summed E-state index contributed by atoms with van der Waals surface area (Å²) in [5.74, 6) is 0.0699. The SMILES string of the molecule is Cc1c(CNc2nc(Cl)nc3cc(F)c(N4CCOCC4)cc23)cccc1S(C)(=O)=O. The number of aromatic nitrogens is 2. The molecule has 1 aromatic heterocycles. The topological polar surface area (TPSA) is 84.4 Å². The molecule has 3 aromatic rings. The van der Waals surface area contributed by atoms with Crippen LogP contribution in [0.1, 0.15) is 11.1 Å². The first kappa shape index (κ1) is 21.7. The van der Waals surface area contributed by atoms with Gasteiger partial charge in [-0.2, -0.15) is 0 Å². The molecule has 31 heavy (non-hydrogen) atoms. The van der Waals surface area contributed by atoms with E-state index in [-0.39, 0.29) is 16.0 Å². The molecule has 0 spiro atoms. The number of fused-ring (bicyclic) bond motifs is 1. The predicted octanol–water partition coefficient (Wildman–Crippen LogP) is 3.58. The van der Waals surface area contributed by atoms with E-state index in [1.54, 1.807) is 25.1 Å². The number of sulfone groups is 1. The quantitative estimate of drug-likeness (QED) is 0.577. The van der Waals surface area contributed by atoms with Gasteiger partial charge in [-0.3, -0.25) is 0 Å². The Balaban J connectivity index is 1.71. The molecular weight excluding hydrogens is 443 g/mol. The van der Waals surface area contributed by atoms with Gasteiger partial charge in [-0.25, -0.2) is 22.8 Å². The summed E-state index contributed by atoms with van der Waals surface area (Å²) in [5.41, 5.74) is 2.32. The van der Waals surface area contributed by atoms with E-state index in [4.69, 9.17) is 16.3 Å². The normalized spacial score (nSPS) is 14.8. The molecule has 0 amide bonds. The Hall–Kier alpha value is -2.49. The van der Waals surface area contributed by atoms with Crippen molar-refractivity contribution in [3.63, 3.8) is 0 Å². The molecule has 0 bridgehead atoms. The molecule has 0 saturated carbocycles. The lowest BCUT2D eigenvalue weighted by atomic mass is 10.1. The maximum atomic E-state index is 14.8. The zero-order valence-electron chi connectivity index (χ0n) is 17.2. The van der Waals surface area contributed by atoms with Gasteiger partial charge in [-0.05, 0) is 41.8 Å². The van der Waals surface area contributed by atoms with Gasteiger partial charge in [0.05, 0.1) is 29.3 Å². The van der Waals surface area contributed by atoms with Crippen LogP contribution >= 0.6 is 11.6 Å². The van der Waals surface area contributed by atoms with Crippen molar-refractivity contribution in [1.82, 2.24) is 9.97 Å². The van der Waals surface area contributed by atoms with E-state index in [0.29, 0.717) is 60.8 Å². The van der Waals surface area contributed by atoms with E-state index < -0.39 is 9.84 Å². The van der Waals surface area contributed by atoms with Gasteiger partial charge in [0.15, 0.2) is 9.84 Å². The molecule has 7 nitrogen and oxygen atoms in total. The lowest BCUT2D eigenvalue weighted by molar-refractivity contribution is 0.122. The first-order valence-corrected chi connectivity index (χ1v) is 12.0. The fourth-order valence-corrected chi connectivity index (χ4v) is 4.91. The molecule has 0 atom stereocenters. The van der Waals surface area contributed by atoms with Crippen LogP contribution in [0.2, 0.25) is 5.28 Å². The summed E-state index contributed by atoms with van der Waals surface area (Å²) in [5, 5.41) is 3.84. The van der Waals surface area contributed by atoms with Gasteiger partial charge >= 0.3 is 0 Å². The summed E-state index contributed by atoms with van der Waals surface area (Å²) in [7, 11) is -3.34. The van der Waals surface area contributed by atoms with Crippen LogP contribution < -0.4 is 10.2 Å². The minimum absolute atomic E-state index is 0.00451. The van der Waals surface area contributed by atoms with Crippen molar-refractivity contribution in [2.75, 3.05) is 42.8 Å². The van der Waals surface area contributed by atoms with Crippen molar-refractivity contribution < 1.29 is 17.5 Å². The number of nitrogens with one attached hydrogen (secondary N) is 1. The van der Waals surface area contributed by atoms with Crippen molar-refractivity contribution in [3.8, 4) is 0 Å². The number of morpholine rings is 1. The Bertz CT molecular complexity index is 1250. The second-order valence-corrected chi connectivity index (χ2v) is 9.75. The van der Waals surface area contributed by atoms with Crippen LogP contribution in [0.5, 0.6) is 0 Å². The van der Waals surface area contributed by atoms with Crippen molar-refractivity contribution >= 4 is 43.8 Å². The summed E-state index contributed by atoms with van der Waals surface area (Å²) in [6, 6.07) is 8.21. The average molecular weight is 465 g/mol. The van der Waals surface area contributed by atoms with E-state index in [1.807, 2.05) is 11.0 Å². The monoisotopic (exact) mass is 464 g/mol. The molecule has 1 N–H and O–H groups in total. The van der Waals surface area contributed by atoms with E-state index in [0.717, 1.165) is 5.56 Å². The van der Waals surface area contributed by atoms with Gasteiger partial charge in [0.25, 0.3) is 0 Å². The molecule has 164 valence electrons. The lowest BCUT2D eigenvalue weighted by Gasteiger charge is -2.29. The summed E-state index contributed by atoms with van der Waals surface area (Å²) >= 11 is 6.07. The molecule has 2 aromatic carbocycles. The summed E-state index contributed by atoms with van der Waals surface area (Å²) in [4.78, 5) is 10.7. The van der Waals surface area contributed by atoms with Crippen LogP contribution in [0.25, 0.3) is 10.9 Å². The first-order valence-electron chi connectivity index (χ1n) is 9.76. The zero-order chi connectivity index (χ0) is 22.2. The average Bonchev–Trinajstić information content (AvgIpc) is 2.72. The fourth-order valence-electron chi connectivity index (χ4n) is 3.72. The minimum atomic E-state index is -3.34. The first-order chi connectivity index (χ1) is 14.7. The van der Waals surface area contributed by atoms with Crippen LogP contribution in [-0.2, 0) is 21.1 Å². The highest BCUT2D eigenvalue weighted by molar-refractivity contribution is 7.90. The van der Waals surface area contributed by atoms with Gasteiger partial charge in [-0.15, -0.1) is 0 Å². The minimum Gasteiger partial charge on any atom is -0.378 e. The number of halogens is 2. The standard InChI is InChI=1S/C21H22ClFN4O3S/c1-13-14(4-3-5-19(13)31(2,28)29)12-24-20-15-10-18(27-6-8-30-9-7-27)16(23)11-17(15)25-21(22)26-20/h3-5,10-11H,6-9,12H2,1-2H3,(H,24,25,26). The predicted molar refractivity (Wildman–Crippen MR) is 119 cm³/mol. The highest BCUT2D eigenvalue weighted by Crippen LogP contribution is 2.31. The van der Waals surface area contributed by atoms with E-state index >= 15 is 0 Å². The maximum Gasteiger partial charge on any atom is 0.224 e. The number of anilines is 2. The summed E-state index contributed by atoms with van der Waals surface area (Å²) in [6.45, 7) is 4.35. The molecule has 1 aliphatic rings. The van der Waals surface area contributed by atoms with Gasteiger partial charge in [0.1, 0.15) is 11.6 Å². The van der Waals surface area contributed by atoms with E-state index in [1.165, 1.54) is 12.3 Å². The van der Waals surface area contributed by atoms with Crippen LogP contribution in [0.3, 0.4) is 0 Å². The highest BCUT2D eigenvalue weighted by Gasteiger charge is 2.19. The molecule has 0 unspecified atom stereocenters. The summed E-state index contributed by atoms with van der Waals surface area (Å²) < 4.78 is 44.1. The number of ether oxygens (including phenoxy) is 1. The Kier molecular flexibility index (Phi) is 6.00. The van der Waals surface area contributed by atoms with Crippen molar-refractivity contribution in [1.29, 1.82) is 0 Å². The largest absolute Gasteiger partial charge is 0.378 e. The second-order valence-electron chi connectivity index (χ2n) is 7.43. The molecule has 1 saturated heterocycles. The molecule has 4 rings (SSSR count). The molecule has 0 aliphatic carbocycles. The Labute approximate surface area is 185 Å². The molecule has 0 radical (unpaired) electrons. The van der Waals surface area contributed by atoms with Crippen molar-refractivity contribution in [2.24, 2.45) is 0 Å². The highest BCUT2D eigenvalue weighted by atomic mass is 35.5. The third kappa shape index (κ3) is 4.58. The third-order valence-electron chi connectivity index (χ3n) is 5.33. The van der Waals surface area contributed by atoms with Gasteiger partial charge in [0.2, 0.25) is 5.28 Å². The van der Waals surface area contributed by atoms with Crippen molar-refractivity contribution in [3.05, 3.63) is 52.6 Å². The molecule has 10 heteroatoms. The van der Waals surface area contributed by atoms with Crippen LogP contribution in [0, 0.1) is 12.7 Å². The van der Waals surface area contributed by atoms with Crippen molar-refractivity contribution in [2.45, 2.75) is 18.4 Å².